The summed E-state index contributed by atoms with van der Waals surface area (Å²) in [6, 6.07) is 1.85. The Balaban J connectivity index is 2.08. The van der Waals surface area contributed by atoms with Gasteiger partial charge >= 0.3 is 0 Å². The molecule has 1 saturated carbocycles. The fraction of sp³-hybridized carbons (Fsp3) is 0.733. The van der Waals surface area contributed by atoms with Gasteiger partial charge in [-0.15, -0.1) is 0 Å². The van der Waals surface area contributed by atoms with Crippen molar-refractivity contribution in [1.82, 2.24) is 14.7 Å². The number of amides is 1. The van der Waals surface area contributed by atoms with E-state index in [0.717, 1.165) is 31.4 Å². The fourth-order valence-corrected chi connectivity index (χ4v) is 3.03. The summed E-state index contributed by atoms with van der Waals surface area (Å²) in [6.07, 6.45) is 3.65. The number of aromatic nitrogens is 2. The lowest BCUT2D eigenvalue weighted by Crippen LogP contribution is -2.42. The maximum absolute atomic E-state index is 12.4. The van der Waals surface area contributed by atoms with Crippen molar-refractivity contribution in [2.75, 3.05) is 13.6 Å². The highest BCUT2D eigenvalue weighted by molar-refractivity contribution is 5.92. The van der Waals surface area contributed by atoms with E-state index >= 15 is 0 Å². The van der Waals surface area contributed by atoms with Crippen molar-refractivity contribution in [3.63, 3.8) is 0 Å². The third-order valence-electron chi connectivity index (χ3n) is 4.14. The maximum atomic E-state index is 12.4. The SMILES string of the molecule is CC(C)c1cc(C(=O)N(C)CC2(O)CCCC2)nn1C. The topological polar surface area (TPSA) is 58.4 Å². The second kappa shape index (κ2) is 5.56. The van der Waals surface area contributed by atoms with Gasteiger partial charge in [-0.05, 0) is 24.8 Å². The summed E-state index contributed by atoms with van der Waals surface area (Å²) < 4.78 is 1.76. The van der Waals surface area contributed by atoms with Gasteiger partial charge in [0.05, 0.1) is 5.60 Å². The van der Waals surface area contributed by atoms with Gasteiger partial charge in [0.15, 0.2) is 5.69 Å². The lowest BCUT2D eigenvalue weighted by Gasteiger charge is -2.28. The number of nitrogens with zero attached hydrogens (tertiary/aromatic N) is 3. The largest absolute Gasteiger partial charge is 0.388 e. The first-order valence-corrected chi connectivity index (χ1v) is 7.34. The summed E-state index contributed by atoms with van der Waals surface area (Å²) in [6.45, 7) is 4.55. The van der Waals surface area contributed by atoms with Crippen molar-refractivity contribution in [1.29, 1.82) is 0 Å². The van der Waals surface area contributed by atoms with Crippen molar-refractivity contribution in [3.05, 3.63) is 17.5 Å². The lowest BCUT2D eigenvalue weighted by atomic mass is 10.0. The molecule has 0 unspecified atom stereocenters. The minimum atomic E-state index is -0.708. The highest BCUT2D eigenvalue weighted by Gasteiger charge is 2.34. The van der Waals surface area contributed by atoms with Gasteiger partial charge in [0.2, 0.25) is 0 Å². The molecule has 0 bridgehead atoms. The number of rotatable bonds is 4. The monoisotopic (exact) mass is 279 g/mol. The van der Waals surface area contributed by atoms with E-state index in [0.29, 0.717) is 18.2 Å². The molecule has 1 aliphatic rings. The molecule has 1 fully saturated rings. The summed E-state index contributed by atoms with van der Waals surface area (Å²) in [5.41, 5.74) is 0.793. The summed E-state index contributed by atoms with van der Waals surface area (Å²) in [4.78, 5) is 14.0. The number of carbonyl (C=O) groups is 1. The average molecular weight is 279 g/mol. The standard InChI is InChI=1S/C15H25N3O2/c1-11(2)13-9-12(16-18(13)4)14(19)17(3)10-15(20)7-5-6-8-15/h9,11,20H,5-8,10H2,1-4H3. The minimum absolute atomic E-state index is 0.118. The Labute approximate surface area is 120 Å². The molecule has 0 aliphatic heterocycles. The predicted molar refractivity (Wildman–Crippen MR) is 77.7 cm³/mol. The highest BCUT2D eigenvalue weighted by atomic mass is 16.3. The van der Waals surface area contributed by atoms with Crippen molar-refractivity contribution in [2.45, 2.75) is 51.0 Å². The number of aliphatic hydroxyl groups is 1. The van der Waals surface area contributed by atoms with Crippen LogP contribution in [-0.4, -0.2) is 44.9 Å². The van der Waals surface area contributed by atoms with E-state index in [1.165, 1.54) is 0 Å². The van der Waals surface area contributed by atoms with E-state index < -0.39 is 5.60 Å². The van der Waals surface area contributed by atoms with Gasteiger partial charge in [0, 0.05) is 26.3 Å². The third-order valence-corrected chi connectivity index (χ3v) is 4.14. The maximum Gasteiger partial charge on any atom is 0.274 e. The van der Waals surface area contributed by atoms with E-state index in [9.17, 15) is 9.90 Å². The molecule has 112 valence electrons. The molecule has 1 aliphatic carbocycles. The van der Waals surface area contributed by atoms with E-state index in [-0.39, 0.29) is 5.91 Å². The van der Waals surface area contributed by atoms with Crippen LogP contribution in [0.15, 0.2) is 6.07 Å². The van der Waals surface area contributed by atoms with Gasteiger partial charge in [-0.3, -0.25) is 9.48 Å². The molecule has 2 rings (SSSR count). The summed E-state index contributed by atoms with van der Waals surface area (Å²) in [7, 11) is 3.60. The smallest absolute Gasteiger partial charge is 0.274 e. The average Bonchev–Trinajstić information content (AvgIpc) is 2.94. The Morgan fingerprint density at radius 1 is 1.50 bits per heavy atom. The van der Waals surface area contributed by atoms with Gasteiger partial charge < -0.3 is 10.0 Å². The first-order valence-electron chi connectivity index (χ1n) is 7.34. The molecule has 0 aromatic carbocycles. The van der Waals surface area contributed by atoms with E-state index in [1.54, 1.807) is 16.6 Å². The fourth-order valence-electron chi connectivity index (χ4n) is 3.03. The minimum Gasteiger partial charge on any atom is -0.388 e. The van der Waals surface area contributed by atoms with E-state index in [4.69, 9.17) is 0 Å². The molecular formula is C15H25N3O2. The van der Waals surface area contributed by atoms with Crippen LogP contribution in [0.5, 0.6) is 0 Å². The van der Waals surface area contributed by atoms with Crippen molar-refractivity contribution >= 4 is 5.91 Å². The molecular weight excluding hydrogens is 254 g/mol. The zero-order valence-corrected chi connectivity index (χ0v) is 12.9. The molecule has 1 amide bonds. The summed E-state index contributed by atoms with van der Waals surface area (Å²) >= 11 is 0. The first-order chi connectivity index (χ1) is 9.32. The van der Waals surface area contributed by atoms with Crippen LogP contribution in [0.25, 0.3) is 0 Å². The summed E-state index contributed by atoms with van der Waals surface area (Å²) in [5, 5.41) is 14.7. The Kier molecular flexibility index (Phi) is 4.18. The molecule has 0 spiro atoms. The van der Waals surface area contributed by atoms with Gasteiger partial charge in [-0.25, -0.2) is 0 Å². The lowest BCUT2D eigenvalue weighted by molar-refractivity contribution is 0.0154. The molecule has 1 N–H and O–H groups in total. The van der Waals surface area contributed by atoms with Crippen LogP contribution in [0.3, 0.4) is 0 Å². The Hall–Kier alpha value is -1.36. The molecule has 1 aromatic heterocycles. The van der Waals surface area contributed by atoms with Crippen molar-refractivity contribution < 1.29 is 9.90 Å². The van der Waals surface area contributed by atoms with Gasteiger partial charge in [-0.2, -0.15) is 5.10 Å². The van der Waals surface area contributed by atoms with E-state index in [1.807, 2.05) is 13.1 Å². The van der Waals surface area contributed by atoms with Crippen molar-refractivity contribution in [3.8, 4) is 0 Å². The molecule has 0 saturated heterocycles. The number of hydrogen-bond donors (Lipinski definition) is 1. The Morgan fingerprint density at radius 3 is 2.60 bits per heavy atom. The van der Waals surface area contributed by atoms with Crippen LogP contribution in [0.1, 0.15) is 61.6 Å². The van der Waals surface area contributed by atoms with E-state index in [2.05, 4.69) is 18.9 Å². The third kappa shape index (κ3) is 3.03. The molecule has 0 radical (unpaired) electrons. The molecule has 5 heteroatoms. The molecule has 1 aromatic rings. The van der Waals surface area contributed by atoms with Gasteiger partial charge in [-0.1, -0.05) is 26.7 Å². The quantitative estimate of drug-likeness (QED) is 0.916. The highest BCUT2D eigenvalue weighted by Crippen LogP contribution is 2.30. The normalized spacial score (nSPS) is 17.7. The number of carbonyl (C=O) groups excluding carboxylic acids is 1. The second-order valence-corrected chi connectivity index (χ2v) is 6.33. The number of likely N-dealkylation sites (N-methyl/N-ethyl adjacent to an activating group) is 1. The zero-order valence-electron chi connectivity index (χ0n) is 12.9. The van der Waals surface area contributed by atoms with Crippen LogP contribution in [0, 0.1) is 0 Å². The molecule has 0 atom stereocenters. The van der Waals surface area contributed by atoms with Crippen LogP contribution < -0.4 is 0 Å². The second-order valence-electron chi connectivity index (χ2n) is 6.33. The van der Waals surface area contributed by atoms with Gasteiger partial charge in [0.1, 0.15) is 0 Å². The van der Waals surface area contributed by atoms with Gasteiger partial charge in [0.25, 0.3) is 5.91 Å². The number of aryl methyl sites for hydroxylation is 1. The number of hydrogen-bond acceptors (Lipinski definition) is 3. The van der Waals surface area contributed by atoms with Crippen LogP contribution >= 0.6 is 0 Å². The summed E-state index contributed by atoms with van der Waals surface area (Å²) in [5.74, 6) is 0.214. The Bertz CT molecular complexity index is 487. The molecule has 1 heterocycles. The van der Waals surface area contributed by atoms with Crippen molar-refractivity contribution in [2.24, 2.45) is 7.05 Å². The van der Waals surface area contributed by atoms with Crippen LogP contribution in [0.4, 0.5) is 0 Å². The van der Waals surface area contributed by atoms with Crippen LogP contribution in [-0.2, 0) is 7.05 Å². The zero-order chi connectivity index (χ0) is 14.9. The van der Waals surface area contributed by atoms with Crippen LogP contribution in [0.2, 0.25) is 0 Å². The first kappa shape index (κ1) is 15.0. The molecule has 20 heavy (non-hydrogen) atoms. The Morgan fingerprint density at radius 2 is 2.10 bits per heavy atom. The molecule has 5 nitrogen and oxygen atoms in total. The predicted octanol–water partition coefficient (Wildman–Crippen LogP) is 1.92.